The van der Waals surface area contributed by atoms with Gasteiger partial charge in [0.15, 0.2) is 5.13 Å². The summed E-state index contributed by atoms with van der Waals surface area (Å²) in [5.41, 5.74) is 5.40. The molecule has 2 aromatic carbocycles. The normalized spacial score (nSPS) is 10.6. The maximum Gasteiger partial charge on any atom is 0.255 e. The SMILES string of the molecule is Cc1ccc(NC(=O)c2ccc(C)c(N(c3ccncc3)c3nccs3)c2)cc1. The molecule has 2 aromatic heterocycles. The van der Waals surface area contributed by atoms with Gasteiger partial charge in [0.05, 0.1) is 11.4 Å². The Bertz CT molecular complexity index is 1110. The summed E-state index contributed by atoms with van der Waals surface area (Å²) in [6, 6.07) is 17.3. The molecule has 0 saturated heterocycles. The summed E-state index contributed by atoms with van der Waals surface area (Å²) in [7, 11) is 0. The number of hydrogen-bond acceptors (Lipinski definition) is 5. The van der Waals surface area contributed by atoms with E-state index in [4.69, 9.17) is 0 Å². The molecule has 4 aromatic rings. The molecule has 6 heteroatoms. The van der Waals surface area contributed by atoms with Crippen LogP contribution in [0.4, 0.5) is 22.2 Å². The van der Waals surface area contributed by atoms with Gasteiger partial charge in [-0.2, -0.15) is 0 Å². The van der Waals surface area contributed by atoms with Gasteiger partial charge in [-0.3, -0.25) is 14.7 Å². The molecule has 1 amide bonds. The van der Waals surface area contributed by atoms with Crippen LogP contribution in [0.3, 0.4) is 0 Å². The molecular weight excluding hydrogens is 380 g/mol. The van der Waals surface area contributed by atoms with Crippen LogP contribution in [0, 0.1) is 13.8 Å². The van der Waals surface area contributed by atoms with Crippen molar-refractivity contribution in [1.29, 1.82) is 0 Å². The van der Waals surface area contributed by atoms with Crippen LogP contribution >= 0.6 is 11.3 Å². The van der Waals surface area contributed by atoms with E-state index in [0.717, 1.165) is 33.3 Å². The van der Waals surface area contributed by atoms with E-state index in [1.807, 2.05) is 78.7 Å². The molecule has 0 aliphatic rings. The van der Waals surface area contributed by atoms with E-state index in [1.54, 1.807) is 29.9 Å². The Morgan fingerprint density at radius 1 is 0.966 bits per heavy atom. The monoisotopic (exact) mass is 400 g/mol. The highest BCUT2D eigenvalue weighted by Crippen LogP contribution is 2.37. The number of hydrogen-bond donors (Lipinski definition) is 1. The maximum absolute atomic E-state index is 12.9. The molecule has 29 heavy (non-hydrogen) atoms. The number of aromatic nitrogens is 2. The van der Waals surface area contributed by atoms with E-state index < -0.39 is 0 Å². The fourth-order valence-electron chi connectivity index (χ4n) is 3.00. The summed E-state index contributed by atoms with van der Waals surface area (Å²) in [4.78, 5) is 23.5. The van der Waals surface area contributed by atoms with Crippen molar-refractivity contribution in [2.45, 2.75) is 13.8 Å². The van der Waals surface area contributed by atoms with Crippen LogP contribution in [0.15, 0.2) is 78.6 Å². The first kappa shape index (κ1) is 18.8. The highest BCUT2D eigenvalue weighted by molar-refractivity contribution is 7.13. The lowest BCUT2D eigenvalue weighted by Crippen LogP contribution is -2.15. The summed E-state index contributed by atoms with van der Waals surface area (Å²) in [6.45, 7) is 4.04. The number of nitrogens with one attached hydrogen (secondary N) is 1. The second kappa shape index (κ2) is 8.24. The van der Waals surface area contributed by atoms with E-state index >= 15 is 0 Å². The number of benzene rings is 2. The number of amides is 1. The number of anilines is 4. The molecule has 2 heterocycles. The van der Waals surface area contributed by atoms with E-state index in [1.165, 1.54) is 0 Å². The lowest BCUT2D eigenvalue weighted by molar-refractivity contribution is 0.102. The van der Waals surface area contributed by atoms with Crippen molar-refractivity contribution in [3.8, 4) is 0 Å². The third kappa shape index (κ3) is 4.17. The highest BCUT2D eigenvalue weighted by Gasteiger charge is 2.18. The van der Waals surface area contributed by atoms with Crippen molar-refractivity contribution in [3.63, 3.8) is 0 Å². The van der Waals surface area contributed by atoms with Crippen LogP contribution in [0.25, 0.3) is 0 Å². The fourth-order valence-corrected chi connectivity index (χ4v) is 3.68. The van der Waals surface area contributed by atoms with Gasteiger partial charge >= 0.3 is 0 Å². The van der Waals surface area contributed by atoms with E-state index in [2.05, 4.69) is 15.3 Å². The minimum atomic E-state index is -0.149. The number of carbonyl (C=O) groups excluding carboxylic acids is 1. The van der Waals surface area contributed by atoms with Crippen molar-refractivity contribution < 1.29 is 4.79 Å². The Balaban J connectivity index is 1.71. The molecule has 0 spiro atoms. The van der Waals surface area contributed by atoms with Gasteiger partial charge in [-0.1, -0.05) is 23.8 Å². The van der Waals surface area contributed by atoms with Gasteiger partial charge in [0.2, 0.25) is 0 Å². The Kier molecular flexibility index (Phi) is 5.35. The number of thiazole rings is 1. The summed E-state index contributed by atoms with van der Waals surface area (Å²) >= 11 is 1.54. The van der Waals surface area contributed by atoms with Gasteiger partial charge < -0.3 is 5.32 Å². The smallest absolute Gasteiger partial charge is 0.255 e. The van der Waals surface area contributed by atoms with Crippen molar-refractivity contribution >= 4 is 39.4 Å². The number of rotatable bonds is 5. The molecule has 0 radical (unpaired) electrons. The lowest BCUT2D eigenvalue weighted by atomic mass is 10.1. The Hall–Kier alpha value is -3.51. The molecule has 4 rings (SSSR count). The van der Waals surface area contributed by atoms with E-state index in [0.29, 0.717) is 5.56 Å². The largest absolute Gasteiger partial charge is 0.322 e. The van der Waals surface area contributed by atoms with Gasteiger partial charge in [-0.25, -0.2) is 4.98 Å². The van der Waals surface area contributed by atoms with Crippen LogP contribution in [-0.2, 0) is 0 Å². The van der Waals surface area contributed by atoms with Gasteiger partial charge in [0, 0.05) is 35.2 Å². The molecule has 0 unspecified atom stereocenters. The van der Waals surface area contributed by atoms with Gasteiger partial charge in [0.25, 0.3) is 5.91 Å². The molecule has 0 saturated carbocycles. The number of aryl methyl sites for hydroxylation is 2. The first-order valence-electron chi connectivity index (χ1n) is 9.20. The first-order valence-corrected chi connectivity index (χ1v) is 10.1. The lowest BCUT2D eigenvalue weighted by Gasteiger charge is -2.24. The molecule has 0 aliphatic heterocycles. The predicted octanol–water partition coefficient (Wildman–Crippen LogP) is 5.88. The highest BCUT2D eigenvalue weighted by atomic mass is 32.1. The second-order valence-corrected chi connectivity index (χ2v) is 7.55. The Labute approximate surface area is 173 Å². The molecule has 5 nitrogen and oxygen atoms in total. The molecule has 1 N–H and O–H groups in total. The standard InChI is InChI=1S/C23H20N4OS/c1-16-3-7-19(8-4-16)26-22(28)18-6-5-17(2)21(15-18)27(23-25-13-14-29-23)20-9-11-24-12-10-20/h3-15H,1-2H3,(H,26,28). The van der Waals surface area contributed by atoms with Crippen molar-refractivity contribution in [2.24, 2.45) is 0 Å². The second-order valence-electron chi connectivity index (χ2n) is 6.68. The average molecular weight is 401 g/mol. The van der Waals surface area contributed by atoms with Gasteiger partial charge in [-0.05, 0) is 55.8 Å². The summed E-state index contributed by atoms with van der Waals surface area (Å²) < 4.78 is 0. The zero-order valence-corrected chi connectivity index (χ0v) is 17.0. The minimum absolute atomic E-state index is 0.149. The molecule has 0 atom stereocenters. The fraction of sp³-hybridized carbons (Fsp3) is 0.0870. The molecule has 0 bridgehead atoms. The number of carbonyl (C=O) groups is 1. The van der Waals surface area contributed by atoms with Gasteiger partial charge in [-0.15, -0.1) is 11.3 Å². The third-order valence-corrected chi connectivity index (χ3v) is 5.31. The zero-order valence-electron chi connectivity index (χ0n) is 16.2. The Morgan fingerprint density at radius 2 is 1.72 bits per heavy atom. The predicted molar refractivity (Wildman–Crippen MR) is 118 cm³/mol. The topological polar surface area (TPSA) is 58.1 Å². The van der Waals surface area contributed by atoms with Crippen LogP contribution < -0.4 is 10.2 Å². The quantitative estimate of drug-likeness (QED) is 0.455. The molecule has 144 valence electrons. The van der Waals surface area contributed by atoms with E-state index in [-0.39, 0.29) is 5.91 Å². The zero-order chi connectivity index (χ0) is 20.2. The first-order chi connectivity index (χ1) is 14.1. The van der Waals surface area contributed by atoms with Crippen LogP contribution in [0.1, 0.15) is 21.5 Å². The average Bonchev–Trinajstić information content (AvgIpc) is 3.26. The van der Waals surface area contributed by atoms with Gasteiger partial charge in [0.1, 0.15) is 0 Å². The van der Waals surface area contributed by atoms with Crippen LogP contribution in [0.2, 0.25) is 0 Å². The number of nitrogens with zero attached hydrogens (tertiary/aromatic N) is 3. The summed E-state index contributed by atoms with van der Waals surface area (Å²) in [5, 5.41) is 5.73. The number of pyridine rings is 1. The third-order valence-electron chi connectivity index (χ3n) is 4.55. The minimum Gasteiger partial charge on any atom is -0.322 e. The molecule has 0 aliphatic carbocycles. The molecular formula is C23H20N4OS. The summed E-state index contributed by atoms with van der Waals surface area (Å²) in [5.74, 6) is -0.149. The van der Waals surface area contributed by atoms with Crippen LogP contribution in [0.5, 0.6) is 0 Å². The summed E-state index contributed by atoms with van der Waals surface area (Å²) in [6.07, 6.45) is 5.27. The van der Waals surface area contributed by atoms with Crippen molar-refractivity contribution in [2.75, 3.05) is 10.2 Å². The van der Waals surface area contributed by atoms with E-state index in [9.17, 15) is 4.79 Å². The van der Waals surface area contributed by atoms with Crippen molar-refractivity contribution in [3.05, 3.63) is 95.3 Å². The maximum atomic E-state index is 12.9. The molecule has 0 fully saturated rings. The van der Waals surface area contributed by atoms with Crippen LogP contribution in [-0.4, -0.2) is 15.9 Å². The van der Waals surface area contributed by atoms with Crippen molar-refractivity contribution in [1.82, 2.24) is 9.97 Å². The Morgan fingerprint density at radius 3 is 2.41 bits per heavy atom.